The standard InChI is InChI=1S/C29H30NSeSi.C13H24O2.Ir/c1-18-25(32(5,6)7)13-12-22-23-14-15-30-26(28(23)31-27(18)22)20-16-19-10-8-9-11-21(19)24(17-20)29(2,3)4;1-5-10(6-2)12(14)9-13(15)11(7-3)8-4;/h8-15,17H,1-7H3;9-11,14H,5-8H2,1-4H3;/q-1;;/b;12-9-;/i14D;;. The summed E-state index contributed by atoms with van der Waals surface area (Å²) in [6.07, 6.45) is 6.64. The van der Waals surface area contributed by atoms with Crippen LogP contribution in [-0.2, 0) is 30.3 Å². The van der Waals surface area contributed by atoms with E-state index in [4.69, 9.17) is 6.35 Å². The third-order valence-corrected chi connectivity index (χ3v) is 14.4. The summed E-state index contributed by atoms with van der Waals surface area (Å²) in [5, 5.41) is 16.0. The van der Waals surface area contributed by atoms with Crippen LogP contribution in [0.2, 0.25) is 19.6 Å². The first-order valence-corrected chi connectivity index (χ1v) is 22.5. The van der Waals surface area contributed by atoms with Crippen molar-refractivity contribution in [2.75, 3.05) is 0 Å². The predicted octanol–water partition coefficient (Wildman–Crippen LogP) is 11.1. The van der Waals surface area contributed by atoms with Crippen LogP contribution in [0.1, 0.15) is 86.6 Å². The number of rotatable bonds is 9. The molecule has 0 saturated carbocycles. The van der Waals surface area contributed by atoms with E-state index >= 15 is 0 Å². The Morgan fingerprint density at radius 2 is 1.58 bits per heavy atom. The summed E-state index contributed by atoms with van der Waals surface area (Å²) in [4.78, 5) is 16.6. The van der Waals surface area contributed by atoms with Gasteiger partial charge in [0.25, 0.3) is 0 Å². The molecule has 0 unspecified atom stereocenters. The van der Waals surface area contributed by atoms with E-state index in [2.05, 4.69) is 95.9 Å². The summed E-state index contributed by atoms with van der Waals surface area (Å²) in [6.45, 7) is 24.4. The Kier molecular flexibility index (Phi) is 13.3. The molecule has 0 fully saturated rings. The Balaban J connectivity index is 0.000000347. The first-order valence-electron chi connectivity index (χ1n) is 17.8. The largest absolute Gasteiger partial charge is 0 e. The molecule has 0 spiro atoms. The van der Waals surface area contributed by atoms with E-state index < -0.39 is 8.07 Å². The number of aromatic nitrogens is 1. The minimum absolute atomic E-state index is 0. The van der Waals surface area contributed by atoms with Crippen LogP contribution in [0.3, 0.4) is 0 Å². The topological polar surface area (TPSA) is 50.2 Å². The van der Waals surface area contributed by atoms with Gasteiger partial charge in [0.1, 0.15) is 0 Å². The third kappa shape index (κ3) is 8.69. The van der Waals surface area contributed by atoms with E-state index in [0.717, 1.165) is 47.7 Å². The minimum Gasteiger partial charge on any atom is 0 e. The van der Waals surface area contributed by atoms with Crippen molar-refractivity contribution in [3.05, 3.63) is 83.7 Å². The molecule has 0 amide bonds. The molecular weight excluding hydrogens is 850 g/mol. The van der Waals surface area contributed by atoms with Gasteiger partial charge in [-0.2, -0.15) is 0 Å². The second-order valence-corrected chi connectivity index (χ2v) is 22.0. The summed E-state index contributed by atoms with van der Waals surface area (Å²) in [5.74, 6) is 0.547. The first-order chi connectivity index (χ1) is 22.6. The van der Waals surface area contributed by atoms with Gasteiger partial charge in [0.15, 0.2) is 5.78 Å². The van der Waals surface area contributed by atoms with Gasteiger partial charge in [0.2, 0.25) is 0 Å². The fraction of sp³-hybridized carbons (Fsp3) is 0.429. The van der Waals surface area contributed by atoms with Crippen LogP contribution in [0.25, 0.3) is 41.3 Å². The number of hydrogen-bond acceptors (Lipinski definition) is 3. The average Bonchev–Trinajstić information content (AvgIpc) is 3.43. The van der Waals surface area contributed by atoms with Crippen LogP contribution in [0.15, 0.2) is 66.5 Å². The van der Waals surface area contributed by atoms with Gasteiger partial charge < -0.3 is 5.11 Å². The van der Waals surface area contributed by atoms with Gasteiger partial charge >= 0.3 is 200 Å². The van der Waals surface area contributed by atoms with Crippen molar-refractivity contribution < 1.29 is 31.4 Å². The van der Waals surface area contributed by atoms with E-state index in [1.807, 2.05) is 27.7 Å². The Morgan fingerprint density at radius 3 is 2.17 bits per heavy atom. The molecule has 259 valence electrons. The molecule has 5 rings (SSSR count). The quantitative estimate of drug-likeness (QED) is 0.0694. The van der Waals surface area contributed by atoms with E-state index in [0.29, 0.717) is 6.04 Å². The molecule has 2 heterocycles. The molecule has 3 nitrogen and oxygen atoms in total. The maximum Gasteiger partial charge on any atom is 0 e. The van der Waals surface area contributed by atoms with Crippen LogP contribution < -0.4 is 5.19 Å². The molecule has 2 aromatic heterocycles. The van der Waals surface area contributed by atoms with E-state index in [9.17, 15) is 9.90 Å². The molecule has 3 aromatic carbocycles. The normalized spacial score (nSPS) is 12.8. The Labute approximate surface area is 311 Å². The van der Waals surface area contributed by atoms with Crippen LogP contribution >= 0.6 is 0 Å². The summed E-state index contributed by atoms with van der Waals surface area (Å²) in [6, 6.07) is 19.6. The number of nitrogens with zero attached hydrogens (tertiary/aromatic N) is 1. The summed E-state index contributed by atoms with van der Waals surface area (Å²) in [5.41, 5.74) is 4.82. The molecule has 48 heavy (non-hydrogen) atoms. The zero-order chi connectivity index (χ0) is 35.6. The van der Waals surface area contributed by atoms with Crippen LogP contribution in [0.5, 0.6) is 0 Å². The zero-order valence-electron chi connectivity index (χ0n) is 31.7. The Morgan fingerprint density at radius 1 is 0.958 bits per heavy atom. The molecule has 0 aliphatic carbocycles. The number of aliphatic hydroxyl groups is 1. The van der Waals surface area contributed by atoms with Gasteiger partial charge in [0, 0.05) is 38.0 Å². The number of pyridine rings is 1. The van der Waals surface area contributed by atoms with Crippen molar-refractivity contribution in [3.8, 4) is 11.3 Å². The maximum atomic E-state index is 11.7. The number of aliphatic hydroxyl groups excluding tert-OH is 1. The second kappa shape index (κ2) is 16.6. The van der Waals surface area contributed by atoms with Crippen molar-refractivity contribution in [3.63, 3.8) is 0 Å². The van der Waals surface area contributed by atoms with Crippen molar-refractivity contribution in [1.29, 1.82) is 0 Å². The summed E-state index contributed by atoms with van der Waals surface area (Å²) < 4.78 is 11.4. The van der Waals surface area contributed by atoms with Crippen molar-refractivity contribution in [2.45, 2.75) is 106 Å². The zero-order valence-corrected chi connectivity index (χ0v) is 35.8. The number of ketones is 1. The monoisotopic (exact) mass is 906 g/mol. The second-order valence-electron chi connectivity index (χ2n) is 14.8. The number of carbonyl (C=O) groups is 1. The molecular formula is C42H54IrNO2SeSi-. The van der Waals surface area contributed by atoms with Gasteiger partial charge in [0.05, 0.1) is 5.76 Å². The van der Waals surface area contributed by atoms with Gasteiger partial charge in [-0.05, 0) is 25.7 Å². The number of hydrogen-bond donors (Lipinski definition) is 1. The molecule has 1 radical (unpaired) electrons. The molecule has 0 bridgehead atoms. The average molecular weight is 905 g/mol. The third-order valence-electron chi connectivity index (χ3n) is 9.45. The van der Waals surface area contributed by atoms with Gasteiger partial charge in [-0.25, -0.2) is 0 Å². The molecule has 0 aliphatic rings. The molecule has 5 aromatic rings. The maximum absolute atomic E-state index is 11.7. The number of benzene rings is 3. The van der Waals surface area contributed by atoms with Gasteiger partial charge in [-0.15, -0.1) is 0 Å². The number of fused-ring (bicyclic) bond motifs is 4. The minimum atomic E-state index is -1.43. The molecule has 0 saturated heterocycles. The molecule has 0 atom stereocenters. The fourth-order valence-electron chi connectivity index (χ4n) is 6.59. The van der Waals surface area contributed by atoms with E-state index in [-0.39, 0.29) is 63.4 Å². The summed E-state index contributed by atoms with van der Waals surface area (Å²) >= 11 is 0.130. The van der Waals surface area contributed by atoms with Crippen molar-refractivity contribution in [2.24, 2.45) is 11.8 Å². The van der Waals surface area contributed by atoms with Crippen molar-refractivity contribution >= 4 is 63.6 Å². The van der Waals surface area contributed by atoms with E-state index in [1.54, 1.807) is 6.20 Å². The number of aryl methyl sites for hydroxylation is 1. The molecule has 6 heteroatoms. The Bertz CT molecular complexity index is 1960. The van der Waals surface area contributed by atoms with Crippen LogP contribution in [0, 0.1) is 24.8 Å². The van der Waals surface area contributed by atoms with E-state index in [1.165, 1.54) is 41.7 Å². The molecule has 0 aliphatic heterocycles. The van der Waals surface area contributed by atoms with Crippen LogP contribution in [0.4, 0.5) is 0 Å². The summed E-state index contributed by atoms with van der Waals surface area (Å²) in [7, 11) is -1.43. The fourth-order valence-corrected chi connectivity index (χ4v) is 11.3. The predicted molar refractivity (Wildman–Crippen MR) is 208 cm³/mol. The van der Waals surface area contributed by atoms with Gasteiger partial charge in [-0.1, -0.05) is 27.7 Å². The first kappa shape index (κ1) is 38.5. The van der Waals surface area contributed by atoms with Gasteiger partial charge in [-0.3, -0.25) is 4.79 Å². The van der Waals surface area contributed by atoms with Crippen molar-refractivity contribution in [1.82, 2.24) is 4.98 Å². The van der Waals surface area contributed by atoms with Crippen LogP contribution in [-0.4, -0.2) is 38.5 Å². The smallest absolute Gasteiger partial charge is 0 e. The number of allylic oxidation sites excluding steroid dienone is 2. The SMILES string of the molecule is CCC(CC)C(=O)/C=C(\O)C(CC)CC.[2H]c1cnc(-c2[c-]c3ccccc3c(C(C)(C)C)c2)c2[se]c3c(C)c([Si](C)(C)C)ccc3c12.[Ir]. The number of carbonyl (C=O) groups excluding carboxylic acids is 1. The Hall–Kier alpha value is -2.33. The molecule has 1 N–H and O–H groups in total.